The second kappa shape index (κ2) is 7.35. The minimum Gasteiger partial charge on any atom is -0.316 e. The number of para-hydroxylation sites is 2. The molecule has 6 nitrogen and oxygen atoms in total. The summed E-state index contributed by atoms with van der Waals surface area (Å²) in [4.78, 5) is 0. The zero-order valence-electron chi connectivity index (χ0n) is 25.0. The molecule has 0 aliphatic carbocycles. The molecule has 0 bridgehead atoms. The Morgan fingerprint density at radius 1 is 0.553 bits per heavy atom. The van der Waals surface area contributed by atoms with Crippen LogP contribution in [0.3, 0.4) is 0 Å². The summed E-state index contributed by atoms with van der Waals surface area (Å²) in [5.74, 6) is 0. The van der Waals surface area contributed by atoms with Crippen LogP contribution < -0.4 is 9.25 Å². The van der Waals surface area contributed by atoms with Crippen molar-refractivity contribution in [3.8, 4) is 28.3 Å². The highest BCUT2D eigenvalue weighted by molar-refractivity contribution is 6.13. The molecule has 216 valence electrons. The van der Waals surface area contributed by atoms with Crippen LogP contribution in [0.4, 0.5) is 0 Å². The number of fused-ring (bicyclic) bond motifs is 11. The first kappa shape index (κ1) is 23.0. The van der Waals surface area contributed by atoms with Crippen molar-refractivity contribution in [2.75, 3.05) is 0 Å². The Morgan fingerprint density at radius 2 is 1.32 bits per heavy atom. The highest BCUT2D eigenvalue weighted by atomic mass is 15.5. The van der Waals surface area contributed by atoms with Crippen LogP contribution in [0.1, 0.15) is 11.1 Å². The standard InChI is InChI=1S/C41H24N6/c1-3-13-32-27(10-1)29-18-20-34-38-39(29)46(32)35-15-7-16-36-37(35)41(38,43-22-8-12-30-28-11-2-4-14-33(28)47(36)40(30)43)45-24-25(23-44(34)45)31-19-17-26-9-5-6-21-42(26)31/h1-24H/q+2. The summed E-state index contributed by atoms with van der Waals surface area (Å²) < 4.78 is 14.8. The van der Waals surface area contributed by atoms with Crippen LogP contribution in [-0.2, 0) is 5.66 Å². The second-order valence-corrected chi connectivity index (χ2v) is 13.1. The third-order valence-electron chi connectivity index (χ3n) is 11.2. The molecule has 9 heterocycles. The van der Waals surface area contributed by atoms with Gasteiger partial charge in [0.15, 0.2) is 5.69 Å². The molecular formula is C41H24N6+2. The molecule has 0 amide bonds. The SMILES string of the molecule is c1cc2c3c(c1)-n1c4ccccc4c4ccc[n+](c41)C31c3c(ccc4c5ccccc5n-2c34)-n2cc(-c3ccc4ccccn34)c[n+]21. The van der Waals surface area contributed by atoms with E-state index in [1.165, 1.54) is 88.7 Å². The summed E-state index contributed by atoms with van der Waals surface area (Å²) in [5.41, 5.74) is 14.1. The van der Waals surface area contributed by atoms with E-state index >= 15 is 0 Å². The normalized spacial score (nSPS) is 16.6. The summed E-state index contributed by atoms with van der Waals surface area (Å²) in [6, 6.07) is 44.7. The van der Waals surface area contributed by atoms with Gasteiger partial charge in [0.05, 0.1) is 45.8 Å². The third-order valence-corrected chi connectivity index (χ3v) is 11.2. The van der Waals surface area contributed by atoms with Gasteiger partial charge in [-0.05, 0) is 78.9 Å². The van der Waals surface area contributed by atoms with Gasteiger partial charge in [0.25, 0.3) is 0 Å². The van der Waals surface area contributed by atoms with Gasteiger partial charge in [0.2, 0.25) is 6.20 Å². The van der Waals surface area contributed by atoms with E-state index in [4.69, 9.17) is 0 Å². The lowest BCUT2D eigenvalue weighted by molar-refractivity contribution is -0.987. The van der Waals surface area contributed by atoms with Crippen LogP contribution in [0.5, 0.6) is 0 Å². The molecule has 3 aliphatic rings. The number of aromatic nitrogens is 6. The molecule has 47 heavy (non-hydrogen) atoms. The molecule has 1 spiro atoms. The fourth-order valence-corrected chi connectivity index (χ4v) is 9.53. The second-order valence-electron chi connectivity index (χ2n) is 13.1. The van der Waals surface area contributed by atoms with E-state index in [-0.39, 0.29) is 0 Å². The Morgan fingerprint density at radius 3 is 2.21 bits per heavy atom. The maximum atomic E-state index is 2.57. The van der Waals surface area contributed by atoms with Crippen molar-refractivity contribution in [2.45, 2.75) is 5.66 Å². The Kier molecular flexibility index (Phi) is 3.60. The van der Waals surface area contributed by atoms with Crippen LogP contribution >= 0.6 is 0 Å². The molecule has 10 aromatic rings. The lowest BCUT2D eigenvalue weighted by Gasteiger charge is -2.33. The van der Waals surface area contributed by atoms with E-state index < -0.39 is 5.66 Å². The summed E-state index contributed by atoms with van der Waals surface area (Å²) in [6.45, 7) is 0. The minimum atomic E-state index is -0.652. The number of benzene rings is 4. The molecule has 0 saturated carbocycles. The summed E-state index contributed by atoms with van der Waals surface area (Å²) >= 11 is 0. The summed E-state index contributed by atoms with van der Waals surface area (Å²) in [7, 11) is 0. The molecular weight excluding hydrogens is 576 g/mol. The molecule has 13 rings (SSSR count). The molecule has 0 saturated heterocycles. The molecule has 6 aromatic heterocycles. The predicted octanol–water partition coefficient (Wildman–Crippen LogP) is 7.40. The Bertz CT molecular complexity index is 3080. The first-order valence-corrected chi connectivity index (χ1v) is 16.2. The fraction of sp³-hybridized carbons (Fsp3) is 0.0244. The van der Waals surface area contributed by atoms with Crippen LogP contribution in [0.25, 0.3) is 77.6 Å². The summed E-state index contributed by atoms with van der Waals surface area (Å²) in [6.07, 6.45) is 9.18. The topological polar surface area (TPSA) is 27.0 Å². The van der Waals surface area contributed by atoms with Crippen molar-refractivity contribution in [3.63, 3.8) is 0 Å². The van der Waals surface area contributed by atoms with E-state index in [9.17, 15) is 0 Å². The zero-order valence-corrected chi connectivity index (χ0v) is 25.0. The fourth-order valence-electron chi connectivity index (χ4n) is 9.53. The van der Waals surface area contributed by atoms with Crippen molar-refractivity contribution in [1.82, 2.24) is 18.2 Å². The Labute approximate surface area is 267 Å². The van der Waals surface area contributed by atoms with Gasteiger partial charge in [-0.25, -0.2) is 0 Å². The van der Waals surface area contributed by atoms with E-state index in [2.05, 4.69) is 174 Å². The van der Waals surface area contributed by atoms with Crippen molar-refractivity contribution >= 4 is 49.3 Å². The van der Waals surface area contributed by atoms with Gasteiger partial charge >= 0.3 is 11.3 Å². The van der Waals surface area contributed by atoms with Crippen LogP contribution in [0, 0.1) is 0 Å². The number of hydrogen-bond acceptors (Lipinski definition) is 0. The average Bonchev–Trinajstić information content (AvgIpc) is 3.93. The largest absolute Gasteiger partial charge is 0.394 e. The Hall–Kier alpha value is -6.40. The van der Waals surface area contributed by atoms with Gasteiger partial charge in [-0.3, -0.25) is 0 Å². The van der Waals surface area contributed by atoms with Gasteiger partial charge in [-0.2, -0.15) is 9.13 Å². The number of pyridine rings is 2. The van der Waals surface area contributed by atoms with Gasteiger partial charge in [0.1, 0.15) is 22.3 Å². The molecule has 0 N–H and O–H groups in total. The first-order valence-electron chi connectivity index (χ1n) is 16.2. The van der Waals surface area contributed by atoms with E-state index in [1.807, 2.05) is 0 Å². The molecule has 4 aromatic carbocycles. The van der Waals surface area contributed by atoms with Crippen LogP contribution in [0.15, 0.2) is 146 Å². The molecule has 1 unspecified atom stereocenters. The maximum absolute atomic E-state index is 2.57. The smallest absolute Gasteiger partial charge is 0.316 e. The van der Waals surface area contributed by atoms with Crippen molar-refractivity contribution in [3.05, 3.63) is 157 Å². The van der Waals surface area contributed by atoms with Crippen LogP contribution in [-0.4, -0.2) is 18.2 Å². The van der Waals surface area contributed by atoms with Gasteiger partial charge in [-0.15, -0.1) is 4.68 Å². The average molecular weight is 601 g/mol. The monoisotopic (exact) mass is 600 g/mol. The quantitative estimate of drug-likeness (QED) is 0.176. The Balaban J connectivity index is 1.30. The summed E-state index contributed by atoms with van der Waals surface area (Å²) in [5, 5.41) is 5.10. The number of hydrogen-bond donors (Lipinski definition) is 0. The van der Waals surface area contributed by atoms with E-state index in [1.54, 1.807) is 0 Å². The molecule has 0 fully saturated rings. The van der Waals surface area contributed by atoms with Crippen LogP contribution in [0.2, 0.25) is 0 Å². The van der Waals surface area contributed by atoms with E-state index in [0.717, 1.165) is 0 Å². The molecule has 3 aliphatic heterocycles. The van der Waals surface area contributed by atoms with Crippen molar-refractivity contribution < 1.29 is 9.25 Å². The van der Waals surface area contributed by atoms with Gasteiger partial charge < -0.3 is 8.97 Å². The minimum absolute atomic E-state index is 0.652. The lowest BCUT2D eigenvalue weighted by atomic mass is 9.83. The van der Waals surface area contributed by atoms with Crippen molar-refractivity contribution in [2.24, 2.45) is 0 Å². The van der Waals surface area contributed by atoms with E-state index in [0.29, 0.717) is 0 Å². The molecule has 1 atom stereocenters. The maximum Gasteiger partial charge on any atom is 0.394 e. The number of nitrogens with zero attached hydrogens (tertiary/aromatic N) is 6. The third kappa shape index (κ3) is 2.28. The molecule has 6 heteroatoms. The highest BCUT2D eigenvalue weighted by Crippen LogP contribution is 2.53. The molecule has 0 radical (unpaired) electrons. The number of rotatable bonds is 1. The van der Waals surface area contributed by atoms with Gasteiger partial charge in [-0.1, -0.05) is 47.1 Å². The van der Waals surface area contributed by atoms with Gasteiger partial charge in [0, 0.05) is 27.9 Å². The highest BCUT2D eigenvalue weighted by Gasteiger charge is 2.68. The lowest BCUT2D eigenvalue weighted by Crippen LogP contribution is -2.76. The predicted molar refractivity (Wildman–Crippen MR) is 183 cm³/mol. The zero-order chi connectivity index (χ0) is 30.2. The first-order chi connectivity index (χ1) is 23.3. The van der Waals surface area contributed by atoms with Crippen molar-refractivity contribution in [1.29, 1.82) is 0 Å².